The van der Waals surface area contributed by atoms with Crippen LogP contribution >= 0.6 is 11.6 Å². The van der Waals surface area contributed by atoms with Crippen LogP contribution in [0.1, 0.15) is 49.9 Å². The fourth-order valence-electron chi connectivity index (χ4n) is 1.98. The van der Waals surface area contributed by atoms with E-state index in [4.69, 9.17) is 11.6 Å². The Morgan fingerprint density at radius 3 is 2.24 bits per heavy atom. The van der Waals surface area contributed by atoms with E-state index in [1.165, 1.54) is 18.2 Å². The summed E-state index contributed by atoms with van der Waals surface area (Å²) in [4.78, 5) is 24.5. The first-order valence-corrected chi connectivity index (χ1v) is 7.62. The first-order valence-electron chi connectivity index (χ1n) is 7.24. The lowest BCUT2D eigenvalue weighted by Crippen LogP contribution is -2.32. The van der Waals surface area contributed by atoms with Gasteiger partial charge in [0.2, 0.25) is 0 Å². The Morgan fingerprint density at radius 2 is 1.81 bits per heavy atom. The Kier molecular flexibility index (Phi) is 7.15. The molecule has 0 bridgehead atoms. The van der Waals surface area contributed by atoms with Crippen LogP contribution in [-0.4, -0.2) is 28.8 Å². The van der Waals surface area contributed by atoms with Crippen LogP contribution < -0.4 is 0 Å². The average molecular weight is 313 g/mol. The molecule has 0 radical (unpaired) electrons. The van der Waals surface area contributed by atoms with Crippen molar-refractivity contribution >= 4 is 23.2 Å². The van der Waals surface area contributed by atoms with Gasteiger partial charge in [-0.1, -0.05) is 38.3 Å². The summed E-state index contributed by atoms with van der Waals surface area (Å²) in [5.41, 5.74) is 0.222. The number of benzene rings is 1. The Bertz CT molecular complexity index is 498. The Labute approximate surface area is 130 Å². The molecule has 0 spiro atoms. The molecule has 116 valence electrons. The van der Waals surface area contributed by atoms with Crippen LogP contribution in [0.15, 0.2) is 18.2 Å². The van der Waals surface area contributed by atoms with Crippen LogP contribution in [0.4, 0.5) is 5.69 Å². The summed E-state index contributed by atoms with van der Waals surface area (Å²) in [5.74, 6) is -0.117. The smallest absolute Gasteiger partial charge is 0.287 e. The average Bonchev–Trinajstić information content (AvgIpc) is 2.46. The van der Waals surface area contributed by atoms with E-state index >= 15 is 0 Å². The topological polar surface area (TPSA) is 63.5 Å². The zero-order chi connectivity index (χ0) is 15.8. The maximum Gasteiger partial charge on any atom is 0.287 e. The molecule has 0 heterocycles. The highest BCUT2D eigenvalue weighted by atomic mass is 35.5. The van der Waals surface area contributed by atoms with Gasteiger partial charge in [-0.3, -0.25) is 14.9 Å². The van der Waals surface area contributed by atoms with Crippen molar-refractivity contribution in [2.75, 3.05) is 13.1 Å². The lowest BCUT2D eigenvalue weighted by molar-refractivity contribution is -0.384. The van der Waals surface area contributed by atoms with E-state index in [1.807, 2.05) is 0 Å². The molecular weight excluding hydrogens is 292 g/mol. The van der Waals surface area contributed by atoms with Crippen molar-refractivity contribution in [1.82, 2.24) is 4.90 Å². The highest BCUT2D eigenvalue weighted by Crippen LogP contribution is 2.25. The van der Waals surface area contributed by atoms with Crippen molar-refractivity contribution in [2.45, 2.75) is 39.5 Å². The normalized spacial score (nSPS) is 10.4. The molecule has 6 heteroatoms. The van der Waals surface area contributed by atoms with Crippen LogP contribution in [0.25, 0.3) is 0 Å². The minimum absolute atomic E-state index is 0.00298. The van der Waals surface area contributed by atoms with E-state index < -0.39 is 4.92 Å². The number of hydrogen-bond donors (Lipinski definition) is 0. The van der Waals surface area contributed by atoms with Gasteiger partial charge in [0.05, 0.1) is 4.92 Å². The summed E-state index contributed by atoms with van der Waals surface area (Å²) in [7, 11) is 0. The largest absolute Gasteiger partial charge is 0.339 e. The Morgan fingerprint density at radius 1 is 1.24 bits per heavy atom. The predicted octanol–water partition coefficient (Wildman–Crippen LogP) is 4.29. The third-order valence-corrected chi connectivity index (χ3v) is 3.54. The molecule has 0 aliphatic heterocycles. The first-order chi connectivity index (χ1) is 10.0. The Hall–Kier alpha value is -1.62. The van der Waals surface area contributed by atoms with Gasteiger partial charge in [-0.15, -0.1) is 0 Å². The molecule has 5 nitrogen and oxygen atoms in total. The monoisotopic (exact) mass is 312 g/mol. The number of unbranched alkanes of at least 4 members (excludes halogenated alkanes) is 2. The van der Waals surface area contributed by atoms with E-state index in [0.717, 1.165) is 25.7 Å². The molecule has 1 aromatic carbocycles. The van der Waals surface area contributed by atoms with Crippen LogP contribution in [0.3, 0.4) is 0 Å². The van der Waals surface area contributed by atoms with E-state index in [2.05, 4.69) is 13.8 Å². The molecule has 0 atom stereocenters. The Balaban J connectivity index is 2.91. The second-order valence-electron chi connectivity index (χ2n) is 4.92. The molecule has 21 heavy (non-hydrogen) atoms. The predicted molar refractivity (Wildman–Crippen MR) is 83.8 cm³/mol. The van der Waals surface area contributed by atoms with Gasteiger partial charge >= 0.3 is 0 Å². The van der Waals surface area contributed by atoms with Gasteiger partial charge in [0.25, 0.3) is 11.6 Å². The van der Waals surface area contributed by atoms with Gasteiger partial charge < -0.3 is 4.90 Å². The number of nitro benzene ring substituents is 1. The van der Waals surface area contributed by atoms with Crippen molar-refractivity contribution in [3.05, 3.63) is 38.9 Å². The molecule has 0 aliphatic rings. The summed E-state index contributed by atoms with van der Waals surface area (Å²) in [5, 5.41) is 10.7. The van der Waals surface area contributed by atoms with Gasteiger partial charge in [-0.05, 0) is 25.0 Å². The second kappa shape index (κ2) is 8.62. The van der Waals surface area contributed by atoms with Gasteiger partial charge in [0.1, 0.15) is 5.02 Å². The number of hydrogen-bond acceptors (Lipinski definition) is 3. The van der Waals surface area contributed by atoms with Gasteiger partial charge in [-0.25, -0.2) is 0 Å². The molecule has 0 unspecified atom stereocenters. The molecule has 0 fully saturated rings. The quantitative estimate of drug-likeness (QED) is 0.531. The molecule has 1 rings (SSSR count). The molecule has 1 aromatic rings. The van der Waals surface area contributed by atoms with Gasteiger partial charge in [0, 0.05) is 24.7 Å². The third-order valence-electron chi connectivity index (χ3n) is 3.24. The van der Waals surface area contributed by atoms with Crippen LogP contribution in [0.2, 0.25) is 5.02 Å². The van der Waals surface area contributed by atoms with Gasteiger partial charge in [0.15, 0.2) is 0 Å². The molecule has 0 aliphatic carbocycles. The van der Waals surface area contributed by atoms with Crippen molar-refractivity contribution < 1.29 is 9.72 Å². The summed E-state index contributed by atoms with van der Waals surface area (Å²) in [6, 6.07) is 4.14. The lowest BCUT2D eigenvalue weighted by atomic mass is 10.1. The SMILES string of the molecule is CCCCN(CCCC)C(=O)c1ccc([N+](=O)[O-])c(Cl)c1. The number of amides is 1. The van der Waals surface area contributed by atoms with E-state index in [9.17, 15) is 14.9 Å². The number of halogens is 1. The molecule has 0 saturated heterocycles. The van der Waals surface area contributed by atoms with Crippen molar-refractivity contribution in [1.29, 1.82) is 0 Å². The van der Waals surface area contributed by atoms with Crippen molar-refractivity contribution in [3.8, 4) is 0 Å². The number of rotatable bonds is 8. The summed E-state index contributed by atoms with van der Waals surface area (Å²) < 4.78 is 0. The minimum Gasteiger partial charge on any atom is -0.339 e. The number of carbonyl (C=O) groups excluding carboxylic acids is 1. The maximum atomic E-state index is 12.5. The van der Waals surface area contributed by atoms with E-state index in [-0.39, 0.29) is 16.6 Å². The number of nitro groups is 1. The molecular formula is C15H21ClN2O3. The summed E-state index contributed by atoms with van der Waals surface area (Å²) >= 11 is 5.87. The highest BCUT2D eigenvalue weighted by Gasteiger charge is 2.19. The first kappa shape index (κ1) is 17.4. The zero-order valence-corrected chi connectivity index (χ0v) is 13.2. The standard InChI is InChI=1S/C15H21ClN2O3/c1-3-5-9-17(10-6-4-2)15(19)12-7-8-14(18(20)21)13(16)11-12/h7-8,11H,3-6,9-10H2,1-2H3. The number of nitrogens with zero attached hydrogens (tertiary/aromatic N) is 2. The fourth-order valence-corrected chi connectivity index (χ4v) is 2.23. The van der Waals surface area contributed by atoms with E-state index in [1.54, 1.807) is 4.90 Å². The zero-order valence-electron chi connectivity index (χ0n) is 12.5. The van der Waals surface area contributed by atoms with Crippen molar-refractivity contribution in [3.63, 3.8) is 0 Å². The third kappa shape index (κ3) is 5.01. The fraction of sp³-hybridized carbons (Fsp3) is 0.533. The number of carbonyl (C=O) groups is 1. The summed E-state index contributed by atoms with van der Waals surface area (Å²) in [6.45, 7) is 5.55. The molecule has 0 N–H and O–H groups in total. The lowest BCUT2D eigenvalue weighted by Gasteiger charge is -2.22. The van der Waals surface area contributed by atoms with Gasteiger partial charge in [-0.2, -0.15) is 0 Å². The second-order valence-corrected chi connectivity index (χ2v) is 5.33. The molecule has 0 saturated carbocycles. The maximum absolute atomic E-state index is 12.5. The molecule has 1 amide bonds. The van der Waals surface area contributed by atoms with E-state index in [0.29, 0.717) is 18.7 Å². The van der Waals surface area contributed by atoms with Crippen LogP contribution in [0, 0.1) is 10.1 Å². The molecule has 0 aromatic heterocycles. The minimum atomic E-state index is -0.553. The highest BCUT2D eigenvalue weighted by molar-refractivity contribution is 6.33. The van der Waals surface area contributed by atoms with Crippen molar-refractivity contribution in [2.24, 2.45) is 0 Å². The summed E-state index contributed by atoms with van der Waals surface area (Å²) in [6.07, 6.45) is 3.90. The van der Waals surface area contributed by atoms with Crippen LogP contribution in [-0.2, 0) is 0 Å². The van der Waals surface area contributed by atoms with Crippen LogP contribution in [0.5, 0.6) is 0 Å².